The Morgan fingerprint density at radius 3 is 3.00 bits per heavy atom. The fourth-order valence-corrected chi connectivity index (χ4v) is 0.883. The van der Waals surface area contributed by atoms with Crippen LogP contribution in [-0.2, 0) is 0 Å². The standard InChI is InChI=1S/C7H6N2.ClH/c1-2-6-7(8-4-1)3-5-9-6;/h1-5,9H;1H. The first-order valence-corrected chi connectivity index (χ1v) is 2.85. The van der Waals surface area contributed by atoms with Gasteiger partial charge in [0.15, 0.2) is 0 Å². The smallest absolute Gasteiger partial charge is 0.0878 e. The lowest BCUT2D eigenvalue weighted by Gasteiger charge is -1.82. The minimum Gasteiger partial charge on any atom is -0.360 e. The van der Waals surface area contributed by atoms with Crippen LogP contribution in [-0.4, -0.2) is 9.97 Å². The van der Waals surface area contributed by atoms with Gasteiger partial charge in [-0.1, -0.05) is 0 Å². The molecule has 0 unspecified atom stereocenters. The topological polar surface area (TPSA) is 28.7 Å². The lowest BCUT2D eigenvalue weighted by Crippen LogP contribution is -1.68. The fraction of sp³-hybridized carbons (Fsp3) is 0. The zero-order chi connectivity index (χ0) is 6.10. The Morgan fingerprint density at radius 1 is 1.30 bits per heavy atom. The molecule has 2 nitrogen and oxygen atoms in total. The van der Waals surface area contributed by atoms with Crippen LogP contribution >= 0.6 is 12.4 Å². The van der Waals surface area contributed by atoms with E-state index in [-0.39, 0.29) is 12.4 Å². The van der Waals surface area contributed by atoms with E-state index in [9.17, 15) is 0 Å². The third-order valence-electron chi connectivity index (χ3n) is 1.32. The van der Waals surface area contributed by atoms with Crippen molar-refractivity contribution in [2.75, 3.05) is 0 Å². The zero-order valence-electron chi connectivity index (χ0n) is 5.24. The minimum absolute atomic E-state index is 0. The highest BCUT2D eigenvalue weighted by molar-refractivity contribution is 5.85. The summed E-state index contributed by atoms with van der Waals surface area (Å²) in [5.74, 6) is 0. The summed E-state index contributed by atoms with van der Waals surface area (Å²) in [6, 6.07) is 5.87. The molecule has 0 radical (unpaired) electrons. The Hall–Kier alpha value is -1.02. The summed E-state index contributed by atoms with van der Waals surface area (Å²) in [6.07, 6.45) is 3.67. The first-order valence-electron chi connectivity index (χ1n) is 2.85. The molecule has 2 rings (SSSR count). The lowest BCUT2D eigenvalue weighted by atomic mass is 10.4. The lowest BCUT2D eigenvalue weighted by molar-refractivity contribution is 1.41. The van der Waals surface area contributed by atoms with Gasteiger partial charge in [0.2, 0.25) is 0 Å². The number of halogens is 1. The van der Waals surface area contributed by atoms with Crippen molar-refractivity contribution in [1.29, 1.82) is 0 Å². The third kappa shape index (κ3) is 0.977. The van der Waals surface area contributed by atoms with E-state index in [1.165, 1.54) is 0 Å². The molecule has 0 fully saturated rings. The zero-order valence-corrected chi connectivity index (χ0v) is 6.06. The van der Waals surface area contributed by atoms with Crippen LogP contribution in [0.2, 0.25) is 0 Å². The maximum atomic E-state index is 4.11. The molecular formula is C7H7ClN2. The average Bonchev–Trinajstić information content (AvgIpc) is 2.33. The molecule has 10 heavy (non-hydrogen) atoms. The molecule has 0 atom stereocenters. The molecule has 2 aromatic rings. The van der Waals surface area contributed by atoms with E-state index in [1.807, 2.05) is 24.4 Å². The number of pyridine rings is 1. The minimum atomic E-state index is 0. The molecular weight excluding hydrogens is 148 g/mol. The Balaban J connectivity index is 0.000000500. The molecule has 0 aliphatic rings. The summed E-state index contributed by atoms with van der Waals surface area (Å²) < 4.78 is 0. The number of fused-ring (bicyclic) bond motifs is 1. The van der Waals surface area contributed by atoms with E-state index < -0.39 is 0 Å². The fourth-order valence-electron chi connectivity index (χ4n) is 0.883. The largest absolute Gasteiger partial charge is 0.360 e. The first kappa shape index (κ1) is 7.09. The Labute approximate surface area is 64.7 Å². The van der Waals surface area contributed by atoms with E-state index in [0.29, 0.717) is 0 Å². The Bertz CT molecular complexity index is 286. The second kappa shape index (κ2) is 2.71. The molecule has 0 aliphatic carbocycles. The van der Waals surface area contributed by atoms with Gasteiger partial charge in [-0.05, 0) is 18.2 Å². The second-order valence-corrected chi connectivity index (χ2v) is 1.91. The predicted molar refractivity (Wildman–Crippen MR) is 43.3 cm³/mol. The van der Waals surface area contributed by atoms with Crippen molar-refractivity contribution < 1.29 is 0 Å². The Kier molecular flexibility index (Phi) is 1.92. The van der Waals surface area contributed by atoms with Crippen molar-refractivity contribution in [1.82, 2.24) is 9.97 Å². The van der Waals surface area contributed by atoms with Crippen molar-refractivity contribution in [2.24, 2.45) is 0 Å². The number of aromatic nitrogens is 2. The van der Waals surface area contributed by atoms with Crippen LogP contribution in [0, 0.1) is 0 Å². The molecule has 0 spiro atoms. The van der Waals surface area contributed by atoms with E-state index >= 15 is 0 Å². The van der Waals surface area contributed by atoms with Crippen molar-refractivity contribution >= 4 is 23.4 Å². The first-order chi connectivity index (χ1) is 4.47. The number of aromatic amines is 1. The highest BCUT2D eigenvalue weighted by atomic mass is 35.5. The molecule has 0 aliphatic heterocycles. The van der Waals surface area contributed by atoms with E-state index in [2.05, 4.69) is 9.97 Å². The van der Waals surface area contributed by atoms with Gasteiger partial charge in [0.1, 0.15) is 0 Å². The van der Waals surface area contributed by atoms with Crippen molar-refractivity contribution in [3.05, 3.63) is 30.6 Å². The summed E-state index contributed by atoms with van der Waals surface area (Å²) in [7, 11) is 0. The molecule has 3 heteroatoms. The SMILES string of the molecule is Cl.c1cnc2cc[nH]c2c1. The van der Waals surface area contributed by atoms with Gasteiger partial charge in [-0.3, -0.25) is 4.98 Å². The second-order valence-electron chi connectivity index (χ2n) is 1.91. The maximum Gasteiger partial charge on any atom is 0.0878 e. The average molecular weight is 155 g/mol. The number of hydrogen-bond acceptors (Lipinski definition) is 1. The van der Waals surface area contributed by atoms with E-state index in [1.54, 1.807) is 6.20 Å². The molecule has 0 aromatic carbocycles. The number of H-pyrrole nitrogens is 1. The van der Waals surface area contributed by atoms with Gasteiger partial charge < -0.3 is 4.98 Å². The van der Waals surface area contributed by atoms with Gasteiger partial charge in [-0.25, -0.2) is 0 Å². The van der Waals surface area contributed by atoms with Crippen LogP contribution in [0.3, 0.4) is 0 Å². The third-order valence-corrected chi connectivity index (χ3v) is 1.32. The van der Waals surface area contributed by atoms with Crippen LogP contribution < -0.4 is 0 Å². The molecule has 2 aromatic heterocycles. The van der Waals surface area contributed by atoms with Crippen molar-refractivity contribution in [3.8, 4) is 0 Å². The summed E-state index contributed by atoms with van der Waals surface area (Å²) in [6.45, 7) is 0. The van der Waals surface area contributed by atoms with E-state index in [0.717, 1.165) is 11.0 Å². The van der Waals surface area contributed by atoms with Gasteiger partial charge in [-0.15, -0.1) is 12.4 Å². The van der Waals surface area contributed by atoms with Gasteiger partial charge in [0, 0.05) is 12.4 Å². The van der Waals surface area contributed by atoms with Crippen LogP contribution in [0.5, 0.6) is 0 Å². The monoisotopic (exact) mass is 154 g/mol. The van der Waals surface area contributed by atoms with Crippen molar-refractivity contribution in [2.45, 2.75) is 0 Å². The Morgan fingerprint density at radius 2 is 2.20 bits per heavy atom. The number of hydrogen-bond donors (Lipinski definition) is 1. The summed E-state index contributed by atoms with van der Waals surface area (Å²) in [5, 5.41) is 0. The molecule has 2 heterocycles. The normalized spacial score (nSPS) is 9.20. The predicted octanol–water partition coefficient (Wildman–Crippen LogP) is 1.98. The summed E-state index contributed by atoms with van der Waals surface area (Å²) >= 11 is 0. The summed E-state index contributed by atoms with van der Waals surface area (Å²) in [4.78, 5) is 7.17. The molecule has 0 amide bonds. The van der Waals surface area contributed by atoms with E-state index in [4.69, 9.17) is 0 Å². The maximum absolute atomic E-state index is 4.11. The van der Waals surface area contributed by atoms with Gasteiger partial charge >= 0.3 is 0 Å². The van der Waals surface area contributed by atoms with Crippen LogP contribution in [0.1, 0.15) is 0 Å². The van der Waals surface area contributed by atoms with Crippen LogP contribution in [0.25, 0.3) is 11.0 Å². The molecule has 0 bridgehead atoms. The molecule has 0 saturated carbocycles. The van der Waals surface area contributed by atoms with Gasteiger partial charge in [0.25, 0.3) is 0 Å². The molecule has 0 saturated heterocycles. The van der Waals surface area contributed by atoms with Crippen LogP contribution in [0.4, 0.5) is 0 Å². The number of nitrogens with one attached hydrogen (secondary N) is 1. The molecule has 1 N–H and O–H groups in total. The highest BCUT2D eigenvalue weighted by Crippen LogP contribution is 2.05. The number of rotatable bonds is 0. The highest BCUT2D eigenvalue weighted by Gasteiger charge is 1.88. The van der Waals surface area contributed by atoms with Crippen LogP contribution in [0.15, 0.2) is 30.6 Å². The van der Waals surface area contributed by atoms with Crippen molar-refractivity contribution in [3.63, 3.8) is 0 Å². The van der Waals surface area contributed by atoms with Gasteiger partial charge in [0.05, 0.1) is 11.0 Å². The van der Waals surface area contributed by atoms with Gasteiger partial charge in [-0.2, -0.15) is 0 Å². The molecule has 52 valence electrons. The number of nitrogens with zero attached hydrogens (tertiary/aromatic N) is 1. The summed E-state index contributed by atoms with van der Waals surface area (Å²) in [5.41, 5.74) is 2.12. The quantitative estimate of drug-likeness (QED) is 0.618.